The first kappa shape index (κ1) is 20.5. The minimum absolute atomic E-state index is 0.168. The summed E-state index contributed by atoms with van der Waals surface area (Å²) in [4.78, 5) is 2.13. The lowest BCUT2D eigenvalue weighted by molar-refractivity contribution is -0.274. The third-order valence-corrected chi connectivity index (χ3v) is 5.61. The van der Waals surface area contributed by atoms with Crippen molar-refractivity contribution in [1.82, 2.24) is 5.32 Å². The number of benzene rings is 3. The number of anilines is 1. The van der Waals surface area contributed by atoms with E-state index in [0.29, 0.717) is 0 Å². The number of fused-ring (bicyclic) bond motifs is 1. The molecule has 0 spiro atoms. The number of halogens is 3. The highest BCUT2D eigenvalue weighted by Crippen LogP contribution is 2.29. The molecule has 0 aromatic heterocycles. The molecule has 4 rings (SSSR count). The van der Waals surface area contributed by atoms with Crippen molar-refractivity contribution in [2.45, 2.75) is 38.2 Å². The molecule has 3 aromatic rings. The summed E-state index contributed by atoms with van der Waals surface area (Å²) in [6.07, 6.45) is -2.67. The van der Waals surface area contributed by atoms with Crippen LogP contribution in [-0.2, 0) is 0 Å². The zero-order chi connectivity index (χ0) is 21.1. The summed E-state index contributed by atoms with van der Waals surface area (Å²) < 4.78 is 41.7. The summed E-state index contributed by atoms with van der Waals surface area (Å²) in [5.74, 6) is -0.181. The van der Waals surface area contributed by atoms with Gasteiger partial charge in [-0.3, -0.25) is 0 Å². The van der Waals surface area contributed by atoms with Gasteiger partial charge in [-0.2, -0.15) is 0 Å². The molecule has 6 heteroatoms. The Morgan fingerprint density at radius 2 is 1.80 bits per heavy atom. The number of alkyl halides is 3. The largest absolute Gasteiger partial charge is 0.573 e. The van der Waals surface area contributed by atoms with E-state index in [1.54, 1.807) is 6.07 Å². The van der Waals surface area contributed by atoms with E-state index >= 15 is 0 Å². The van der Waals surface area contributed by atoms with Crippen molar-refractivity contribution in [2.75, 3.05) is 18.0 Å². The standard InChI is InChI=1S/C24H25F3N2O/c1-17(22-13-4-8-18-7-2-3-12-23(18)22)28-19-9-6-14-29(16-19)20-10-5-11-21(15-20)30-24(25,26)27/h2-5,7-8,10-13,15,17,19,28H,6,9,14,16H2,1H3/t17-,19+/m1/s1. The molecule has 0 bridgehead atoms. The van der Waals surface area contributed by atoms with Crippen LogP contribution in [0.1, 0.15) is 31.4 Å². The maximum Gasteiger partial charge on any atom is 0.573 e. The Balaban J connectivity index is 1.46. The second-order valence-corrected chi connectivity index (χ2v) is 7.79. The number of nitrogens with one attached hydrogen (secondary N) is 1. The van der Waals surface area contributed by atoms with Gasteiger partial charge in [-0.1, -0.05) is 48.5 Å². The molecule has 0 radical (unpaired) electrons. The summed E-state index contributed by atoms with van der Waals surface area (Å²) in [7, 11) is 0. The smallest absolute Gasteiger partial charge is 0.406 e. The fraction of sp³-hybridized carbons (Fsp3) is 0.333. The van der Waals surface area contributed by atoms with Gasteiger partial charge in [-0.25, -0.2) is 0 Å². The maximum absolute atomic E-state index is 12.5. The highest BCUT2D eigenvalue weighted by molar-refractivity contribution is 5.86. The molecule has 3 aromatic carbocycles. The van der Waals surface area contributed by atoms with Gasteiger partial charge >= 0.3 is 6.36 Å². The zero-order valence-electron chi connectivity index (χ0n) is 16.8. The van der Waals surface area contributed by atoms with Gasteiger partial charge < -0.3 is 15.0 Å². The second-order valence-electron chi connectivity index (χ2n) is 7.79. The normalized spacial score (nSPS) is 18.4. The molecule has 158 valence electrons. The van der Waals surface area contributed by atoms with Crippen molar-refractivity contribution in [1.29, 1.82) is 0 Å². The molecular weight excluding hydrogens is 389 g/mol. The first-order valence-electron chi connectivity index (χ1n) is 10.2. The Kier molecular flexibility index (Phi) is 5.86. The molecule has 0 aliphatic carbocycles. The van der Waals surface area contributed by atoms with Gasteiger partial charge in [-0.15, -0.1) is 13.2 Å². The summed E-state index contributed by atoms with van der Waals surface area (Å²) in [5.41, 5.74) is 2.01. The molecule has 1 aliphatic rings. The molecule has 1 fully saturated rings. The Morgan fingerprint density at radius 3 is 2.63 bits per heavy atom. The third-order valence-electron chi connectivity index (χ3n) is 5.61. The average Bonchev–Trinajstić information content (AvgIpc) is 2.72. The van der Waals surface area contributed by atoms with Crippen LogP contribution in [0.3, 0.4) is 0 Å². The molecule has 1 aliphatic heterocycles. The van der Waals surface area contributed by atoms with E-state index in [-0.39, 0.29) is 17.8 Å². The van der Waals surface area contributed by atoms with Gasteiger partial charge in [0, 0.05) is 36.9 Å². The zero-order valence-corrected chi connectivity index (χ0v) is 16.8. The fourth-order valence-electron chi connectivity index (χ4n) is 4.30. The van der Waals surface area contributed by atoms with Crippen LogP contribution in [0.5, 0.6) is 5.75 Å². The molecule has 0 amide bonds. The van der Waals surface area contributed by atoms with E-state index < -0.39 is 6.36 Å². The number of hydrogen-bond donors (Lipinski definition) is 1. The first-order valence-corrected chi connectivity index (χ1v) is 10.2. The van der Waals surface area contributed by atoms with Crippen molar-refractivity contribution >= 4 is 16.5 Å². The van der Waals surface area contributed by atoms with Crippen LogP contribution in [0.25, 0.3) is 10.8 Å². The lowest BCUT2D eigenvalue weighted by atomic mass is 9.97. The Labute approximate surface area is 174 Å². The number of rotatable bonds is 5. The van der Waals surface area contributed by atoms with Gasteiger partial charge in [0.1, 0.15) is 5.75 Å². The predicted octanol–water partition coefficient (Wildman–Crippen LogP) is 6.06. The number of piperidine rings is 1. The van der Waals surface area contributed by atoms with Crippen LogP contribution in [-0.4, -0.2) is 25.5 Å². The molecular formula is C24H25F3N2O. The highest BCUT2D eigenvalue weighted by Gasteiger charge is 2.31. The SMILES string of the molecule is C[C@@H](N[C@H]1CCCN(c2cccc(OC(F)(F)F)c2)C1)c1cccc2ccccc12. The summed E-state index contributed by atoms with van der Waals surface area (Å²) in [5, 5.41) is 6.19. The van der Waals surface area contributed by atoms with Crippen LogP contribution >= 0.6 is 0 Å². The number of ether oxygens (including phenoxy) is 1. The summed E-state index contributed by atoms with van der Waals surface area (Å²) in [6, 6.07) is 21.3. The lowest BCUT2D eigenvalue weighted by Crippen LogP contribution is -2.46. The van der Waals surface area contributed by atoms with Gasteiger partial charge in [0.25, 0.3) is 0 Å². The van der Waals surface area contributed by atoms with E-state index in [1.165, 1.54) is 28.5 Å². The molecule has 3 nitrogen and oxygen atoms in total. The van der Waals surface area contributed by atoms with Crippen LogP contribution in [0.2, 0.25) is 0 Å². The molecule has 1 N–H and O–H groups in total. The molecule has 1 saturated heterocycles. The topological polar surface area (TPSA) is 24.5 Å². The van der Waals surface area contributed by atoms with Crippen molar-refractivity contribution < 1.29 is 17.9 Å². The van der Waals surface area contributed by atoms with E-state index in [0.717, 1.165) is 31.6 Å². The third kappa shape index (κ3) is 4.87. The van der Waals surface area contributed by atoms with Crippen LogP contribution in [0, 0.1) is 0 Å². The Bertz CT molecular complexity index is 1000. The number of nitrogens with zero attached hydrogens (tertiary/aromatic N) is 1. The molecule has 0 saturated carbocycles. The Morgan fingerprint density at radius 1 is 1.03 bits per heavy atom. The monoisotopic (exact) mass is 414 g/mol. The van der Waals surface area contributed by atoms with Crippen LogP contribution in [0.4, 0.5) is 18.9 Å². The average molecular weight is 414 g/mol. The lowest BCUT2D eigenvalue weighted by Gasteiger charge is -2.36. The van der Waals surface area contributed by atoms with Crippen molar-refractivity contribution in [3.8, 4) is 5.75 Å². The van der Waals surface area contributed by atoms with Crippen LogP contribution < -0.4 is 15.0 Å². The van der Waals surface area contributed by atoms with Gasteiger partial charge in [0.15, 0.2) is 0 Å². The van der Waals surface area contributed by atoms with E-state index in [1.807, 2.05) is 12.1 Å². The minimum Gasteiger partial charge on any atom is -0.406 e. The van der Waals surface area contributed by atoms with Gasteiger partial charge in [-0.05, 0) is 48.2 Å². The quantitative estimate of drug-likeness (QED) is 0.549. The van der Waals surface area contributed by atoms with Crippen molar-refractivity contribution in [2.24, 2.45) is 0 Å². The summed E-state index contributed by atoms with van der Waals surface area (Å²) in [6.45, 7) is 3.72. The fourth-order valence-corrected chi connectivity index (χ4v) is 4.30. The second kappa shape index (κ2) is 8.56. The van der Waals surface area contributed by atoms with Crippen molar-refractivity contribution in [3.63, 3.8) is 0 Å². The number of hydrogen-bond acceptors (Lipinski definition) is 3. The maximum atomic E-state index is 12.5. The van der Waals surface area contributed by atoms with Gasteiger partial charge in [0.2, 0.25) is 0 Å². The van der Waals surface area contributed by atoms with Crippen molar-refractivity contribution in [3.05, 3.63) is 72.3 Å². The predicted molar refractivity (Wildman–Crippen MR) is 114 cm³/mol. The highest BCUT2D eigenvalue weighted by atomic mass is 19.4. The van der Waals surface area contributed by atoms with Gasteiger partial charge in [0.05, 0.1) is 0 Å². The van der Waals surface area contributed by atoms with E-state index in [9.17, 15) is 13.2 Å². The molecule has 30 heavy (non-hydrogen) atoms. The molecule has 2 atom stereocenters. The summed E-state index contributed by atoms with van der Waals surface area (Å²) >= 11 is 0. The first-order chi connectivity index (χ1) is 14.4. The minimum atomic E-state index is -4.68. The van der Waals surface area contributed by atoms with E-state index in [2.05, 4.69) is 58.3 Å². The molecule has 0 unspecified atom stereocenters. The van der Waals surface area contributed by atoms with E-state index in [4.69, 9.17) is 0 Å². The van der Waals surface area contributed by atoms with Crippen LogP contribution in [0.15, 0.2) is 66.7 Å². The molecule has 1 heterocycles. The Hall–Kier alpha value is -2.73.